The molecule has 0 aliphatic carbocycles. The zero-order valence-corrected chi connectivity index (χ0v) is 18.2. The third-order valence-electron chi connectivity index (χ3n) is 4.79. The van der Waals surface area contributed by atoms with E-state index in [1.807, 2.05) is 0 Å². The minimum Gasteiger partial charge on any atom is -0.505 e. The number of pyridine rings is 1. The van der Waals surface area contributed by atoms with E-state index in [9.17, 15) is 18.3 Å². The number of rotatable bonds is 6. The lowest BCUT2D eigenvalue weighted by Crippen LogP contribution is -2.13. The van der Waals surface area contributed by atoms with Crippen molar-refractivity contribution in [3.63, 3.8) is 0 Å². The van der Waals surface area contributed by atoms with Crippen molar-refractivity contribution in [2.45, 2.75) is 4.90 Å². The molecule has 4 rings (SSSR count). The molecular formula is C23H18N4O5S. The summed E-state index contributed by atoms with van der Waals surface area (Å²) in [6.07, 6.45) is 2.89. The highest BCUT2D eigenvalue weighted by molar-refractivity contribution is 7.92. The molecule has 0 atom stereocenters. The summed E-state index contributed by atoms with van der Waals surface area (Å²) < 4.78 is 33.5. The fourth-order valence-electron chi connectivity index (χ4n) is 3.12. The molecule has 33 heavy (non-hydrogen) atoms. The molecular weight excluding hydrogens is 444 g/mol. The van der Waals surface area contributed by atoms with Crippen molar-refractivity contribution in [1.29, 1.82) is 0 Å². The predicted octanol–water partition coefficient (Wildman–Crippen LogP) is 4.67. The van der Waals surface area contributed by atoms with E-state index in [-0.39, 0.29) is 27.6 Å². The fraction of sp³-hybridized carbons (Fsp3) is 0.0435. The topological polar surface area (TPSA) is 130 Å². The summed E-state index contributed by atoms with van der Waals surface area (Å²) in [6.45, 7) is 0. The fourth-order valence-corrected chi connectivity index (χ4v) is 4.19. The normalized spacial score (nSPS) is 11.5. The number of nitrogens with zero attached hydrogens (tertiary/aromatic N) is 3. The van der Waals surface area contributed by atoms with Crippen molar-refractivity contribution in [1.82, 2.24) is 4.98 Å². The molecule has 0 fully saturated rings. The van der Waals surface area contributed by atoms with Gasteiger partial charge in [0.05, 0.1) is 17.7 Å². The Balaban J connectivity index is 1.74. The number of benzene rings is 3. The van der Waals surface area contributed by atoms with Gasteiger partial charge in [0.25, 0.3) is 15.9 Å². The van der Waals surface area contributed by atoms with Crippen molar-refractivity contribution in [3.8, 4) is 11.5 Å². The van der Waals surface area contributed by atoms with Crippen LogP contribution in [0.5, 0.6) is 11.5 Å². The maximum absolute atomic E-state index is 13.0. The lowest BCUT2D eigenvalue weighted by molar-refractivity contribution is 0.0995. The van der Waals surface area contributed by atoms with Crippen LogP contribution in [0, 0.1) is 0 Å². The van der Waals surface area contributed by atoms with Gasteiger partial charge in [-0.15, -0.1) is 10.2 Å². The zero-order chi connectivity index (χ0) is 23.4. The average molecular weight is 462 g/mol. The Morgan fingerprint density at radius 2 is 1.67 bits per heavy atom. The first kappa shape index (κ1) is 21.9. The number of ether oxygens (including phenoxy) is 1. The predicted molar refractivity (Wildman–Crippen MR) is 122 cm³/mol. The molecule has 1 amide bonds. The largest absolute Gasteiger partial charge is 0.505 e. The van der Waals surface area contributed by atoms with Crippen molar-refractivity contribution < 1.29 is 23.1 Å². The number of anilines is 1. The number of azo groups is 1. The zero-order valence-electron chi connectivity index (χ0n) is 17.3. The lowest BCUT2D eigenvalue weighted by Gasteiger charge is -2.13. The smallest absolute Gasteiger partial charge is 0.295 e. The second kappa shape index (κ2) is 9.05. The molecule has 4 aromatic rings. The van der Waals surface area contributed by atoms with Crippen LogP contribution < -0.4 is 9.46 Å². The molecule has 3 aromatic carbocycles. The number of aromatic hydroxyl groups is 1. The van der Waals surface area contributed by atoms with Crippen LogP contribution >= 0.6 is 0 Å². The highest BCUT2D eigenvalue weighted by atomic mass is 32.2. The molecule has 10 heteroatoms. The molecule has 1 aromatic heterocycles. The summed E-state index contributed by atoms with van der Waals surface area (Å²) in [7, 11) is -2.48. The van der Waals surface area contributed by atoms with Crippen molar-refractivity contribution in [3.05, 3.63) is 84.7 Å². The first-order chi connectivity index (χ1) is 15.9. The van der Waals surface area contributed by atoms with Crippen LogP contribution in [0.4, 0.5) is 11.4 Å². The number of hydrogen-bond acceptors (Lipinski definition) is 7. The first-order valence-electron chi connectivity index (χ1n) is 9.67. The van der Waals surface area contributed by atoms with E-state index in [0.717, 1.165) is 0 Å². The number of sulfonamides is 1. The third-order valence-corrected chi connectivity index (χ3v) is 6.17. The first-order valence-corrected chi connectivity index (χ1v) is 11.1. The van der Waals surface area contributed by atoms with E-state index in [0.29, 0.717) is 16.5 Å². The van der Waals surface area contributed by atoms with Gasteiger partial charge in [-0.25, -0.2) is 8.42 Å². The Labute approximate surface area is 189 Å². The highest BCUT2D eigenvalue weighted by Crippen LogP contribution is 2.40. The monoisotopic (exact) mass is 462 g/mol. The molecule has 0 aliphatic heterocycles. The van der Waals surface area contributed by atoms with Crippen LogP contribution in [-0.2, 0) is 10.0 Å². The van der Waals surface area contributed by atoms with E-state index in [4.69, 9.17) is 4.74 Å². The Hall–Kier alpha value is -4.31. The highest BCUT2D eigenvalue weighted by Gasteiger charge is 2.19. The maximum Gasteiger partial charge on any atom is 0.295 e. The van der Waals surface area contributed by atoms with Gasteiger partial charge in [0.15, 0.2) is 5.75 Å². The van der Waals surface area contributed by atoms with E-state index in [1.54, 1.807) is 24.3 Å². The summed E-state index contributed by atoms with van der Waals surface area (Å²) >= 11 is 0. The van der Waals surface area contributed by atoms with Crippen LogP contribution in [0.25, 0.3) is 10.8 Å². The van der Waals surface area contributed by atoms with E-state index in [2.05, 4.69) is 19.9 Å². The summed E-state index contributed by atoms with van der Waals surface area (Å²) in [6, 6.07) is 16.9. The summed E-state index contributed by atoms with van der Waals surface area (Å²) in [5, 5.41) is 19.0. The van der Waals surface area contributed by atoms with Crippen LogP contribution in [0.2, 0.25) is 0 Å². The maximum atomic E-state index is 13.0. The summed E-state index contributed by atoms with van der Waals surface area (Å²) in [4.78, 5) is 16.1. The standard InChI is InChI=1S/C23H18N4O5S/c1-32-16-6-8-17(9-7-16)33(30,31)27-20-14-21(22(28)19-5-3-2-4-18(19)20)25-26-23(29)15-10-12-24-13-11-15/h2-14,27-28H,1H3. The molecule has 0 radical (unpaired) electrons. The minimum atomic E-state index is -3.97. The van der Waals surface area contributed by atoms with Crippen LogP contribution in [0.15, 0.2) is 94.2 Å². The van der Waals surface area contributed by atoms with Crippen molar-refractivity contribution >= 4 is 38.1 Å². The molecule has 166 valence electrons. The molecule has 0 bridgehead atoms. The average Bonchev–Trinajstić information content (AvgIpc) is 2.85. The van der Waals surface area contributed by atoms with Gasteiger partial charge in [-0.1, -0.05) is 24.3 Å². The van der Waals surface area contributed by atoms with Crippen LogP contribution in [-0.4, -0.2) is 31.5 Å². The third kappa shape index (κ3) is 4.65. The van der Waals surface area contributed by atoms with E-state index in [1.165, 1.54) is 62.0 Å². The number of aromatic nitrogens is 1. The van der Waals surface area contributed by atoms with Gasteiger partial charge >= 0.3 is 0 Å². The number of phenols is 1. The second-order valence-electron chi connectivity index (χ2n) is 6.86. The Morgan fingerprint density at radius 3 is 2.33 bits per heavy atom. The lowest BCUT2D eigenvalue weighted by atomic mass is 10.1. The number of hydrogen-bond donors (Lipinski definition) is 2. The molecule has 2 N–H and O–H groups in total. The Bertz CT molecular complexity index is 1450. The van der Waals surface area contributed by atoms with Gasteiger partial charge in [0.2, 0.25) is 0 Å². The quantitative estimate of drug-likeness (QED) is 0.316. The van der Waals surface area contributed by atoms with Gasteiger partial charge in [-0.2, -0.15) is 0 Å². The Kier molecular flexibility index (Phi) is 6.01. The van der Waals surface area contributed by atoms with Crippen molar-refractivity contribution in [2.24, 2.45) is 10.2 Å². The molecule has 0 saturated heterocycles. The van der Waals surface area contributed by atoms with Crippen LogP contribution in [0.3, 0.4) is 0 Å². The summed E-state index contributed by atoms with van der Waals surface area (Å²) in [5.41, 5.74) is 0.377. The molecule has 0 aliphatic rings. The SMILES string of the molecule is COc1ccc(S(=O)(=O)Nc2cc(N=NC(=O)c3ccncc3)c(O)c3ccccc23)cc1. The van der Waals surface area contributed by atoms with Gasteiger partial charge in [-0.3, -0.25) is 14.5 Å². The number of nitrogens with one attached hydrogen (secondary N) is 1. The molecule has 0 unspecified atom stereocenters. The van der Waals surface area contributed by atoms with Crippen LogP contribution in [0.1, 0.15) is 10.4 Å². The number of methoxy groups -OCH3 is 1. The van der Waals surface area contributed by atoms with E-state index < -0.39 is 15.9 Å². The molecule has 1 heterocycles. The van der Waals surface area contributed by atoms with Crippen molar-refractivity contribution in [2.75, 3.05) is 11.8 Å². The van der Waals surface area contributed by atoms with E-state index >= 15 is 0 Å². The molecule has 0 saturated carbocycles. The van der Waals surface area contributed by atoms with Gasteiger partial charge in [0, 0.05) is 28.7 Å². The second-order valence-corrected chi connectivity index (χ2v) is 8.54. The number of carbonyl (C=O) groups excluding carboxylic acids is 1. The Morgan fingerprint density at radius 1 is 1.00 bits per heavy atom. The number of fused-ring (bicyclic) bond motifs is 1. The minimum absolute atomic E-state index is 0.0245. The van der Waals surface area contributed by atoms with Gasteiger partial charge in [-0.05, 0) is 42.5 Å². The molecule has 9 nitrogen and oxygen atoms in total. The number of phenolic OH excluding ortho intramolecular Hbond substituents is 1. The summed E-state index contributed by atoms with van der Waals surface area (Å²) in [5.74, 6) is -0.347. The molecule has 0 spiro atoms. The van der Waals surface area contributed by atoms with Gasteiger partial charge < -0.3 is 9.84 Å². The number of carbonyl (C=O) groups is 1. The van der Waals surface area contributed by atoms with Gasteiger partial charge in [0.1, 0.15) is 11.4 Å². The number of amides is 1.